The second-order valence-corrected chi connectivity index (χ2v) is 5.16. The zero-order valence-electron chi connectivity index (χ0n) is 9.53. The van der Waals surface area contributed by atoms with Crippen LogP contribution in [-0.4, -0.2) is 22.9 Å². The highest BCUT2D eigenvalue weighted by atomic mass is 32.2. The molecule has 1 aromatic heterocycles. The molecule has 0 aliphatic rings. The molecule has 0 aliphatic carbocycles. The van der Waals surface area contributed by atoms with Gasteiger partial charge in [-0.1, -0.05) is 6.92 Å². The van der Waals surface area contributed by atoms with E-state index in [2.05, 4.69) is 6.92 Å². The highest BCUT2D eigenvalue weighted by Gasteiger charge is 2.14. The molecular weight excluding hydrogens is 226 g/mol. The Morgan fingerprint density at radius 2 is 2.38 bits per heavy atom. The molecular formula is C11H17NO3S. The van der Waals surface area contributed by atoms with Crippen LogP contribution in [-0.2, 0) is 5.75 Å². The molecule has 1 heterocycles. The molecule has 0 amide bonds. The molecule has 0 radical (unpaired) electrons. The number of carboxylic acid groups (broad SMARTS) is 1. The standard InChI is InChI=1S/C11H17NO3S/c1-7-5-9(15-10(7)11(13)14)6-16-8(2)3-4-12/h5,8H,3-4,6,12H2,1-2H3,(H,13,14). The monoisotopic (exact) mass is 243 g/mol. The minimum Gasteiger partial charge on any atom is -0.475 e. The van der Waals surface area contributed by atoms with E-state index in [1.807, 2.05) is 0 Å². The van der Waals surface area contributed by atoms with Gasteiger partial charge in [0.1, 0.15) is 5.76 Å². The predicted octanol–water partition coefficient (Wildman–Crippen LogP) is 2.26. The van der Waals surface area contributed by atoms with Crippen LogP contribution in [0.2, 0.25) is 0 Å². The lowest BCUT2D eigenvalue weighted by Crippen LogP contribution is -2.07. The summed E-state index contributed by atoms with van der Waals surface area (Å²) in [6.07, 6.45) is 0.955. The summed E-state index contributed by atoms with van der Waals surface area (Å²) < 4.78 is 5.25. The number of aromatic carboxylic acids is 1. The number of thioether (sulfide) groups is 1. The Morgan fingerprint density at radius 3 is 2.88 bits per heavy atom. The van der Waals surface area contributed by atoms with Crippen molar-refractivity contribution in [1.29, 1.82) is 0 Å². The third kappa shape index (κ3) is 3.57. The van der Waals surface area contributed by atoms with Crippen molar-refractivity contribution in [3.63, 3.8) is 0 Å². The number of hydrogen-bond acceptors (Lipinski definition) is 4. The largest absolute Gasteiger partial charge is 0.475 e. The molecule has 0 aliphatic heterocycles. The second-order valence-electron chi connectivity index (χ2n) is 3.73. The summed E-state index contributed by atoms with van der Waals surface area (Å²) in [5.74, 6) is 0.435. The van der Waals surface area contributed by atoms with E-state index in [9.17, 15) is 4.79 Å². The molecule has 0 bridgehead atoms. The molecule has 0 fully saturated rings. The van der Waals surface area contributed by atoms with Crippen molar-refractivity contribution in [2.45, 2.75) is 31.3 Å². The van der Waals surface area contributed by atoms with Crippen molar-refractivity contribution < 1.29 is 14.3 Å². The van der Waals surface area contributed by atoms with Gasteiger partial charge in [0.05, 0.1) is 5.75 Å². The van der Waals surface area contributed by atoms with Crippen molar-refractivity contribution in [3.8, 4) is 0 Å². The van der Waals surface area contributed by atoms with E-state index in [-0.39, 0.29) is 5.76 Å². The lowest BCUT2D eigenvalue weighted by Gasteiger charge is -2.07. The number of rotatable bonds is 6. The molecule has 0 saturated carbocycles. The maximum absolute atomic E-state index is 10.8. The highest BCUT2D eigenvalue weighted by Crippen LogP contribution is 2.23. The maximum atomic E-state index is 10.8. The maximum Gasteiger partial charge on any atom is 0.372 e. The van der Waals surface area contributed by atoms with Gasteiger partial charge in [-0.2, -0.15) is 11.8 Å². The summed E-state index contributed by atoms with van der Waals surface area (Å²) in [6, 6.07) is 1.78. The predicted molar refractivity (Wildman–Crippen MR) is 64.8 cm³/mol. The number of carbonyl (C=O) groups is 1. The Balaban J connectivity index is 2.55. The first-order chi connectivity index (χ1) is 7.54. The highest BCUT2D eigenvalue weighted by molar-refractivity contribution is 7.99. The Hall–Kier alpha value is -0.940. The number of hydrogen-bond donors (Lipinski definition) is 2. The molecule has 16 heavy (non-hydrogen) atoms. The van der Waals surface area contributed by atoms with Gasteiger partial charge >= 0.3 is 5.97 Å². The smallest absolute Gasteiger partial charge is 0.372 e. The first-order valence-corrected chi connectivity index (χ1v) is 6.23. The Morgan fingerprint density at radius 1 is 1.69 bits per heavy atom. The summed E-state index contributed by atoms with van der Waals surface area (Å²) in [4.78, 5) is 10.8. The van der Waals surface area contributed by atoms with Gasteiger partial charge in [0, 0.05) is 10.8 Å². The molecule has 90 valence electrons. The second kappa shape index (κ2) is 5.96. The molecule has 0 saturated heterocycles. The lowest BCUT2D eigenvalue weighted by atomic mass is 10.3. The Bertz CT molecular complexity index is 362. The Kier molecular flexibility index (Phi) is 4.89. The molecule has 0 spiro atoms. The Labute approximate surface area is 99.2 Å². The molecule has 0 aromatic carbocycles. The van der Waals surface area contributed by atoms with Crippen LogP contribution >= 0.6 is 11.8 Å². The topological polar surface area (TPSA) is 76.5 Å². The third-order valence-electron chi connectivity index (χ3n) is 2.25. The van der Waals surface area contributed by atoms with Crippen LogP contribution < -0.4 is 5.73 Å². The van der Waals surface area contributed by atoms with Crippen LogP contribution in [0, 0.1) is 6.92 Å². The van der Waals surface area contributed by atoms with Crippen molar-refractivity contribution >= 4 is 17.7 Å². The van der Waals surface area contributed by atoms with Crippen LogP contribution in [0.3, 0.4) is 0 Å². The van der Waals surface area contributed by atoms with Gasteiger partial charge in [-0.05, 0) is 26.0 Å². The average Bonchev–Trinajstić information content (AvgIpc) is 2.57. The average molecular weight is 243 g/mol. The van der Waals surface area contributed by atoms with Gasteiger partial charge in [-0.25, -0.2) is 4.79 Å². The normalized spacial score (nSPS) is 12.7. The molecule has 1 rings (SSSR count). The minimum atomic E-state index is -1.01. The molecule has 1 aromatic rings. The minimum absolute atomic E-state index is 0.0436. The van der Waals surface area contributed by atoms with E-state index >= 15 is 0 Å². The van der Waals surface area contributed by atoms with Crippen LogP contribution in [0.1, 0.15) is 35.2 Å². The quantitative estimate of drug-likeness (QED) is 0.801. The zero-order valence-corrected chi connectivity index (χ0v) is 10.3. The van der Waals surface area contributed by atoms with Crippen LogP contribution in [0.25, 0.3) is 0 Å². The van der Waals surface area contributed by atoms with Gasteiger partial charge in [0.2, 0.25) is 5.76 Å². The lowest BCUT2D eigenvalue weighted by molar-refractivity contribution is 0.0659. The first kappa shape index (κ1) is 13.1. The van der Waals surface area contributed by atoms with Gasteiger partial charge in [-0.3, -0.25) is 0 Å². The van der Waals surface area contributed by atoms with E-state index in [4.69, 9.17) is 15.3 Å². The summed E-state index contributed by atoms with van der Waals surface area (Å²) in [7, 11) is 0. The van der Waals surface area contributed by atoms with Crippen LogP contribution in [0.15, 0.2) is 10.5 Å². The third-order valence-corrected chi connectivity index (χ3v) is 3.50. The van der Waals surface area contributed by atoms with E-state index in [0.717, 1.165) is 6.42 Å². The number of furan rings is 1. The SMILES string of the molecule is Cc1cc(CSC(C)CCN)oc1C(=O)O. The number of aryl methyl sites for hydroxylation is 1. The van der Waals surface area contributed by atoms with Gasteiger partial charge in [-0.15, -0.1) is 0 Å². The fraction of sp³-hybridized carbons (Fsp3) is 0.545. The fourth-order valence-electron chi connectivity index (χ4n) is 1.37. The number of nitrogens with two attached hydrogens (primary N) is 1. The molecule has 4 nitrogen and oxygen atoms in total. The molecule has 1 unspecified atom stereocenters. The van der Waals surface area contributed by atoms with Crippen molar-refractivity contribution in [3.05, 3.63) is 23.2 Å². The van der Waals surface area contributed by atoms with E-state index < -0.39 is 5.97 Å². The number of carboxylic acids is 1. The van der Waals surface area contributed by atoms with Crippen molar-refractivity contribution in [2.24, 2.45) is 5.73 Å². The van der Waals surface area contributed by atoms with Gasteiger partial charge in [0.25, 0.3) is 0 Å². The zero-order chi connectivity index (χ0) is 12.1. The summed E-state index contributed by atoms with van der Waals surface area (Å²) in [5, 5.41) is 9.29. The summed E-state index contributed by atoms with van der Waals surface area (Å²) in [6.45, 7) is 4.52. The van der Waals surface area contributed by atoms with Crippen molar-refractivity contribution in [1.82, 2.24) is 0 Å². The fourth-order valence-corrected chi connectivity index (χ4v) is 2.27. The van der Waals surface area contributed by atoms with E-state index in [0.29, 0.717) is 28.9 Å². The molecule has 3 N–H and O–H groups in total. The van der Waals surface area contributed by atoms with Gasteiger partial charge < -0.3 is 15.3 Å². The van der Waals surface area contributed by atoms with Crippen molar-refractivity contribution in [2.75, 3.05) is 6.54 Å². The van der Waals surface area contributed by atoms with Crippen LogP contribution in [0.4, 0.5) is 0 Å². The van der Waals surface area contributed by atoms with E-state index in [1.54, 1.807) is 24.8 Å². The van der Waals surface area contributed by atoms with E-state index in [1.165, 1.54) is 0 Å². The summed E-state index contributed by atoms with van der Waals surface area (Å²) >= 11 is 1.72. The van der Waals surface area contributed by atoms with Crippen LogP contribution in [0.5, 0.6) is 0 Å². The molecule has 1 atom stereocenters. The summed E-state index contributed by atoms with van der Waals surface area (Å²) in [5.41, 5.74) is 6.13. The first-order valence-electron chi connectivity index (χ1n) is 5.19. The molecule has 5 heteroatoms. The van der Waals surface area contributed by atoms with Gasteiger partial charge in [0.15, 0.2) is 0 Å².